The van der Waals surface area contributed by atoms with Crippen LogP contribution >= 0.6 is 12.4 Å². The maximum absolute atomic E-state index is 13.6. The second-order valence-corrected chi connectivity index (χ2v) is 7.00. The third kappa shape index (κ3) is 3.55. The predicted molar refractivity (Wildman–Crippen MR) is 110 cm³/mol. The van der Waals surface area contributed by atoms with E-state index in [-0.39, 0.29) is 30.3 Å². The van der Waals surface area contributed by atoms with Gasteiger partial charge in [-0.15, -0.1) is 12.4 Å². The highest BCUT2D eigenvalue weighted by molar-refractivity contribution is 6.34. The number of hydrogen-bond donors (Lipinski definition) is 4. The first-order valence-corrected chi connectivity index (χ1v) is 9.00. The van der Waals surface area contributed by atoms with Crippen LogP contribution in [0.3, 0.4) is 0 Å². The summed E-state index contributed by atoms with van der Waals surface area (Å²) in [6, 6.07) is 4.04. The van der Waals surface area contributed by atoms with Crippen molar-refractivity contribution in [2.24, 2.45) is 0 Å². The summed E-state index contributed by atoms with van der Waals surface area (Å²) >= 11 is 0. The van der Waals surface area contributed by atoms with E-state index >= 15 is 0 Å². The Hall–Kier alpha value is -2.64. The Morgan fingerprint density at radius 3 is 2.82 bits per heavy atom. The molecule has 1 atom stereocenters. The summed E-state index contributed by atoms with van der Waals surface area (Å²) in [7, 11) is 0. The molecule has 4 rings (SSSR count). The van der Waals surface area contributed by atoms with Crippen molar-refractivity contribution in [2.45, 2.75) is 32.7 Å². The Labute approximate surface area is 168 Å². The van der Waals surface area contributed by atoms with Gasteiger partial charge in [-0.2, -0.15) is 0 Å². The highest BCUT2D eigenvalue weighted by atomic mass is 35.5. The van der Waals surface area contributed by atoms with Gasteiger partial charge in [0.15, 0.2) is 0 Å². The van der Waals surface area contributed by atoms with Crippen LogP contribution in [0.4, 0.5) is 15.8 Å². The van der Waals surface area contributed by atoms with Gasteiger partial charge in [0.25, 0.3) is 5.91 Å². The summed E-state index contributed by atoms with van der Waals surface area (Å²) in [5.41, 5.74) is 4.60. The number of amides is 2. The molecule has 6 nitrogen and oxygen atoms in total. The zero-order valence-corrected chi connectivity index (χ0v) is 16.4. The second-order valence-electron chi connectivity index (χ2n) is 7.00. The van der Waals surface area contributed by atoms with E-state index in [1.54, 1.807) is 12.1 Å². The summed E-state index contributed by atoms with van der Waals surface area (Å²) in [5.74, 6) is -0.724. The molecule has 4 N–H and O–H groups in total. The van der Waals surface area contributed by atoms with E-state index in [1.807, 2.05) is 13.8 Å². The lowest BCUT2D eigenvalue weighted by Gasteiger charge is -2.11. The van der Waals surface area contributed by atoms with Crippen molar-refractivity contribution in [2.75, 3.05) is 17.2 Å². The average molecular weight is 405 g/mol. The van der Waals surface area contributed by atoms with Gasteiger partial charge in [0.2, 0.25) is 5.91 Å². The minimum absolute atomic E-state index is 0. The summed E-state index contributed by atoms with van der Waals surface area (Å²) in [6.45, 7) is 4.60. The van der Waals surface area contributed by atoms with Crippen LogP contribution in [0.25, 0.3) is 11.6 Å². The van der Waals surface area contributed by atoms with Crippen LogP contribution in [0.1, 0.15) is 35.4 Å². The molecule has 28 heavy (non-hydrogen) atoms. The number of H-pyrrole nitrogens is 1. The summed E-state index contributed by atoms with van der Waals surface area (Å²) in [5, 5.41) is 8.90. The molecule has 1 saturated heterocycles. The minimum Gasteiger partial charge on any atom is -0.357 e. The fraction of sp³-hybridized carbons (Fsp3) is 0.300. The number of aryl methyl sites for hydroxylation is 1. The molecular formula is C20H22ClFN4O2. The van der Waals surface area contributed by atoms with E-state index < -0.39 is 5.82 Å². The molecular weight excluding hydrogens is 383 g/mol. The highest BCUT2D eigenvalue weighted by Gasteiger charge is 2.26. The number of aromatic amines is 1. The SMILES string of the molecule is Cc1[nH]c(/C=C2\C(=O)Nc3ccc(F)cc32)c(C)c1NC(=O)[C@H]1CCCN1.Cl. The van der Waals surface area contributed by atoms with Gasteiger partial charge >= 0.3 is 0 Å². The number of halogens is 2. The molecule has 1 aromatic heterocycles. The van der Waals surface area contributed by atoms with Gasteiger partial charge < -0.3 is 20.9 Å². The molecule has 2 amide bonds. The van der Waals surface area contributed by atoms with Crippen molar-refractivity contribution in [3.8, 4) is 0 Å². The topological polar surface area (TPSA) is 86.0 Å². The van der Waals surface area contributed by atoms with Gasteiger partial charge in [0, 0.05) is 22.6 Å². The lowest BCUT2D eigenvalue weighted by molar-refractivity contribution is -0.117. The standard InChI is InChI=1S/C20H21FN4O2.ClH/c1-10-17(9-14-13-8-12(21)5-6-15(13)24-19(14)26)23-11(2)18(10)25-20(27)16-4-3-7-22-16;/h5-6,8-9,16,22-23H,3-4,7H2,1-2H3,(H,24,26)(H,25,27);1H/b14-9-;/t16-;/m1./s1. The minimum atomic E-state index is -0.396. The fourth-order valence-electron chi connectivity index (χ4n) is 3.67. The molecule has 0 bridgehead atoms. The third-order valence-electron chi connectivity index (χ3n) is 5.15. The van der Waals surface area contributed by atoms with Crippen molar-refractivity contribution in [1.82, 2.24) is 10.3 Å². The largest absolute Gasteiger partial charge is 0.357 e. The number of fused-ring (bicyclic) bond motifs is 1. The van der Waals surface area contributed by atoms with E-state index in [0.29, 0.717) is 22.5 Å². The maximum Gasteiger partial charge on any atom is 0.256 e. The number of aromatic nitrogens is 1. The molecule has 0 unspecified atom stereocenters. The number of anilines is 2. The summed E-state index contributed by atoms with van der Waals surface area (Å²) < 4.78 is 13.6. The molecule has 1 aromatic carbocycles. The maximum atomic E-state index is 13.6. The number of nitrogens with one attached hydrogen (secondary N) is 4. The Morgan fingerprint density at radius 2 is 2.11 bits per heavy atom. The molecule has 0 radical (unpaired) electrons. The molecule has 3 heterocycles. The highest BCUT2D eigenvalue weighted by Crippen LogP contribution is 2.35. The van der Waals surface area contributed by atoms with Crippen LogP contribution in [0.15, 0.2) is 18.2 Å². The van der Waals surface area contributed by atoms with Gasteiger partial charge in [-0.05, 0) is 63.1 Å². The fourth-order valence-corrected chi connectivity index (χ4v) is 3.67. The quantitative estimate of drug-likeness (QED) is 0.591. The first kappa shape index (κ1) is 20.1. The predicted octanol–water partition coefficient (Wildman–Crippen LogP) is 3.38. The van der Waals surface area contributed by atoms with Gasteiger partial charge in [-0.25, -0.2) is 4.39 Å². The monoisotopic (exact) mass is 404 g/mol. The van der Waals surface area contributed by atoms with Gasteiger partial charge in [-0.3, -0.25) is 9.59 Å². The molecule has 1 fully saturated rings. The molecule has 0 aliphatic carbocycles. The number of carbonyl (C=O) groups excluding carboxylic acids is 2. The third-order valence-corrected chi connectivity index (χ3v) is 5.15. The van der Waals surface area contributed by atoms with Gasteiger partial charge in [0.1, 0.15) is 5.82 Å². The zero-order chi connectivity index (χ0) is 19.1. The number of rotatable bonds is 3. The van der Waals surface area contributed by atoms with Crippen molar-refractivity contribution in [3.05, 3.63) is 46.5 Å². The first-order valence-electron chi connectivity index (χ1n) is 9.00. The van der Waals surface area contributed by atoms with Crippen molar-refractivity contribution in [1.29, 1.82) is 0 Å². The number of benzene rings is 1. The normalized spacial score (nSPS) is 19.3. The van der Waals surface area contributed by atoms with Gasteiger partial charge in [-0.1, -0.05) is 0 Å². The smallest absolute Gasteiger partial charge is 0.256 e. The molecule has 0 spiro atoms. The molecule has 2 aliphatic rings. The van der Waals surface area contributed by atoms with E-state index in [1.165, 1.54) is 12.1 Å². The van der Waals surface area contributed by atoms with E-state index in [9.17, 15) is 14.0 Å². The molecule has 0 saturated carbocycles. The van der Waals surface area contributed by atoms with Crippen LogP contribution in [0, 0.1) is 19.7 Å². The Bertz CT molecular complexity index is 977. The average Bonchev–Trinajstić information content (AvgIpc) is 3.32. The Morgan fingerprint density at radius 1 is 1.32 bits per heavy atom. The second kappa shape index (κ2) is 7.77. The number of carbonyl (C=O) groups is 2. The molecule has 2 aliphatic heterocycles. The van der Waals surface area contributed by atoms with Crippen molar-refractivity contribution in [3.63, 3.8) is 0 Å². The molecule has 8 heteroatoms. The zero-order valence-electron chi connectivity index (χ0n) is 15.6. The molecule has 2 aromatic rings. The summed E-state index contributed by atoms with van der Waals surface area (Å²) in [4.78, 5) is 27.9. The van der Waals surface area contributed by atoms with Crippen molar-refractivity contribution < 1.29 is 14.0 Å². The van der Waals surface area contributed by atoms with Crippen LogP contribution in [-0.2, 0) is 9.59 Å². The van der Waals surface area contributed by atoms with Crippen LogP contribution in [-0.4, -0.2) is 29.4 Å². The first-order chi connectivity index (χ1) is 12.9. The molecule has 148 valence electrons. The van der Waals surface area contributed by atoms with E-state index in [0.717, 1.165) is 36.3 Å². The van der Waals surface area contributed by atoms with Gasteiger partial charge in [0.05, 0.1) is 17.3 Å². The van der Waals surface area contributed by atoms with Crippen molar-refractivity contribution >= 4 is 47.2 Å². The lowest BCUT2D eigenvalue weighted by Crippen LogP contribution is -2.35. The van der Waals surface area contributed by atoms with E-state index in [4.69, 9.17) is 0 Å². The van der Waals surface area contributed by atoms with Crippen LogP contribution < -0.4 is 16.0 Å². The Balaban J connectivity index is 0.00000225. The van der Waals surface area contributed by atoms with Crippen LogP contribution in [0.5, 0.6) is 0 Å². The number of hydrogen-bond acceptors (Lipinski definition) is 3. The van der Waals surface area contributed by atoms with Crippen LogP contribution in [0.2, 0.25) is 0 Å². The lowest BCUT2D eigenvalue weighted by atomic mass is 10.0. The summed E-state index contributed by atoms with van der Waals surface area (Å²) in [6.07, 6.45) is 3.52. The van der Waals surface area contributed by atoms with E-state index in [2.05, 4.69) is 20.9 Å². The Kier molecular flexibility index (Phi) is 5.58.